The zero-order valence-electron chi connectivity index (χ0n) is 7.86. The summed E-state index contributed by atoms with van der Waals surface area (Å²) in [5.41, 5.74) is 5.68. The maximum Gasteiger partial charge on any atom is 0.137 e. The highest BCUT2D eigenvalue weighted by molar-refractivity contribution is 5.85. The second-order valence-corrected chi connectivity index (χ2v) is 2.73. The predicted octanol–water partition coefficient (Wildman–Crippen LogP) is -0.595. The Morgan fingerprint density at radius 1 is 1.62 bits per heavy atom. The van der Waals surface area contributed by atoms with E-state index in [1.807, 2.05) is 0 Å². The van der Waals surface area contributed by atoms with Crippen molar-refractivity contribution in [2.45, 2.75) is 6.10 Å². The molecule has 1 aliphatic rings. The molecule has 0 aromatic rings. The van der Waals surface area contributed by atoms with Crippen molar-refractivity contribution in [3.05, 3.63) is 0 Å². The summed E-state index contributed by atoms with van der Waals surface area (Å²) in [6.45, 7) is 2.88. The topological polar surface area (TPSA) is 66.1 Å². The van der Waals surface area contributed by atoms with Gasteiger partial charge in [0.2, 0.25) is 0 Å². The lowest BCUT2D eigenvalue weighted by atomic mass is 10.3. The molecule has 1 aliphatic heterocycles. The van der Waals surface area contributed by atoms with Gasteiger partial charge in [0, 0.05) is 7.11 Å². The lowest BCUT2D eigenvalue weighted by Crippen LogP contribution is -2.40. The number of aliphatic imine (C=N–C) groups is 1. The fraction of sp³-hybridized carbons (Fsp3) is 0.875. The standard InChI is InChI=1S/C8H16N2O3/c1-11-3-2-10-8(9)7-6-12-4-5-13-7/h7H,2-6H2,1H3,(H2,9,10). The van der Waals surface area contributed by atoms with Gasteiger partial charge in [-0.05, 0) is 0 Å². The average Bonchev–Trinajstić information content (AvgIpc) is 2.19. The molecule has 0 amide bonds. The summed E-state index contributed by atoms with van der Waals surface area (Å²) in [7, 11) is 1.63. The van der Waals surface area contributed by atoms with Crippen molar-refractivity contribution < 1.29 is 14.2 Å². The molecule has 5 heteroatoms. The van der Waals surface area contributed by atoms with Gasteiger partial charge in [0.25, 0.3) is 0 Å². The Kier molecular flexibility index (Phi) is 4.74. The molecule has 1 rings (SSSR count). The van der Waals surface area contributed by atoms with Crippen LogP contribution in [0.4, 0.5) is 0 Å². The zero-order valence-corrected chi connectivity index (χ0v) is 7.86. The van der Waals surface area contributed by atoms with Crippen molar-refractivity contribution >= 4 is 5.84 Å². The molecule has 0 aliphatic carbocycles. The maximum absolute atomic E-state index is 5.68. The number of hydrogen-bond acceptors (Lipinski definition) is 4. The molecule has 2 N–H and O–H groups in total. The molecule has 0 aromatic carbocycles. The third-order valence-corrected chi connectivity index (χ3v) is 1.74. The van der Waals surface area contributed by atoms with Crippen molar-refractivity contribution in [1.29, 1.82) is 0 Å². The maximum atomic E-state index is 5.68. The minimum atomic E-state index is -0.175. The minimum Gasteiger partial charge on any atom is -0.385 e. The summed E-state index contributed by atoms with van der Waals surface area (Å²) in [5, 5.41) is 0. The molecule has 0 radical (unpaired) electrons. The summed E-state index contributed by atoms with van der Waals surface area (Å²) in [6.07, 6.45) is -0.175. The first kappa shape index (κ1) is 10.4. The van der Waals surface area contributed by atoms with Crippen molar-refractivity contribution in [2.24, 2.45) is 10.7 Å². The highest BCUT2D eigenvalue weighted by Crippen LogP contribution is 2.00. The quantitative estimate of drug-likeness (QED) is 0.363. The van der Waals surface area contributed by atoms with E-state index in [1.165, 1.54) is 0 Å². The Balaban J connectivity index is 2.27. The number of ether oxygens (including phenoxy) is 3. The van der Waals surface area contributed by atoms with Crippen LogP contribution in [0.25, 0.3) is 0 Å². The van der Waals surface area contributed by atoms with Crippen LogP contribution in [0.5, 0.6) is 0 Å². The number of methoxy groups -OCH3 is 1. The van der Waals surface area contributed by atoms with Crippen molar-refractivity contribution in [1.82, 2.24) is 0 Å². The van der Waals surface area contributed by atoms with Crippen molar-refractivity contribution in [2.75, 3.05) is 40.1 Å². The van der Waals surface area contributed by atoms with E-state index in [-0.39, 0.29) is 6.10 Å². The fourth-order valence-corrected chi connectivity index (χ4v) is 1.03. The largest absolute Gasteiger partial charge is 0.385 e. The molecule has 0 bridgehead atoms. The Bertz CT molecular complexity index is 167. The van der Waals surface area contributed by atoms with Gasteiger partial charge in [0.1, 0.15) is 11.9 Å². The Morgan fingerprint density at radius 2 is 2.46 bits per heavy atom. The van der Waals surface area contributed by atoms with Gasteiger partial charge in [-0.3, -0.25) is 4.99 Å². The second-order valence-electron chi connectivity index (χ2n) is 2.73. The molecule has 0 aromatic heterocycles. The zero-order chi connectivity index (χ0) is 9.52. The smallest absolute Gasteiger partial charge is 0.137 e. The third kappa shape index (κ3) is 3.71. The van der Waals surface area contributed by atoms with Gasteiger partial charge in [-0.2, -0.15) is 0 Å². The molecule has 1 saturated heterocycles. The second kappa shape index (κ2) is 5.90. The molecule has 1 heterocycles. The van der Waals surface area contributed by atoms with Crippen LogP contribution < -0.4 is 5.73 Å². The van der Waals surface area contributed by atoms with Gasteiger partial charge in [-0.25, -0.2) is 0 Å². The molecular weight excluding hydrogens is 172 g/mol. The van der Waals surface area contributed by atoms with Crippen LogP contribution in [0.2, 0.25) is 0 Å². The summed E-state index contributed by atoms with van der Waals surface area (Å²) in [6, 6.07) is 0. The first-order valence-electron chi connectivity index (χ1n) is 4.32. The molecule has 1 fully saturated rings. The van der Waals surface area contributed by atoms with Crippen LogP contribution in [-0.2, 0) is 14.2 Å². The summed E-state index contributed by atoms with van der Waals surface area (Å²) in [5.74, 6) is 0.497. The Morgan fingerprint density at radius 3 is 3.08 bits per heavy atom. The van der Waals surface area contributed by atoms with Crippen LogP contribution in [-0.4, -0.2) is 52.0 Å². The fourth-order valence-electron chi connectivity index (χ4n) is 1.03. The van der Waals surface area contributed by atoms with Gasteiger partial charge >= 0.3 is 0 Å². The van der Waals surface area contributed by atoms with Gasteiger partial charge in [-0.15, -0.1) is 0 Å². The summed E-state index contributed by atoms with van der Waals surface area (Å²) >= 11 is 0. The molecule has 76 valence electrons. The Hall–Kier alpha value is -0.650. The van der Waals surface area contributed by atoms with Crippen LogP contribution in [0.15, 0.2) is 4.99 Å². The van der Waals surface area contributed by atoms with E-state index in [0.29, 0.717) is 38.8 Å². The third-order valence-electron chi connectivity index (χ3n) is 1.74. The monoisotopic (exact) mass is 188 g/mol. The molecule has 0 spiro atoms. The molecule has 13 heavy (non-hydrogen) atoms. The van der Waals surface area contributed by atoms with Crippen LogP contribution >= 0.6 is 0 Å². The average molecular weight is 188 g/mol. The number of amidine groups is 1. The molecule has 1 unspecified atom stereocenters. The minimum absolute atomic E-state index is 0.175. The first-order chi connectivity index (χ1) is 6.34. The number of hydrogen-bond donors (Lipinski definition) is 1. The van der Waals surface area contributed by atoms with Gasteiger partial charge in [0.15, 0.2) is 0 Å². The van der Waals surface area contributed by atoms with Crippen LogP contribution in [0, 0.1) is 0 Å². The van der Waals surface area contributed by atoms with Gasteiger partial charge in [0.05, 0.1) is 33.0 Å². The highest BCUT2D eigenvalue weighted by Gasteiger charge is 2.17. The number of rotatable bonds is 4. The molecule has 5 nitrogen and oxygen atoms in total. The number of nitrogens with zero attached hydrogens (tertiary/aromatic N) is 1. The van der Waals surface area contributed by atoms with E-state index in [4.69, 9.17) is 19.9 Å². The summed E-state index contributed by atoms with van der Waals surface area (Å²) < 4.78 is 15.4. The molecular formula is C8H16N2O3. The summed E-state index contributed by atoms with van der Waals surface area (Å²) in [4.78, 5) is 4.10. The van der Waals surface area contributed by atoms with Crippen LogP contribution in [0.1, 0.15) is 0 Å². The predicted molar refractivity (Wildman–Crippen MR) is 48.9 cm³/mol. The van der Waals surface area contributed by atoms with Crippen LogP contribution in [0.3, 0.4) is 0 Å². The normalized spacial score (nSPS) is 24.7. The van der Waals surface area contributed by atoms with E-state index in [2.05, 4.69) is 4.99 Å². The van der Waals surface area contributed by atoms with E-state index in [0.717, 1.165) is 0 Å². The highest BCUT2D eigenvalue weighted by atomic mass is 16.6. The first-order valence-corrected chi connectivity index (χ1v) is 4.32. The van der Waals surface area contributed by atoms with E-state index in [9.17, 15) is 0 Å². The van der Waals surface area contributed by atoms with Gasteiger partial charge in [-0.1, -0.05) is 0 Å². The van der Waals surface area contributed by atoms with Gasteiger partial charge < -0.3 is 19.9 Å². The Labute approximate surface area is 77.9 Å². The van der Waals surface area contributed by atoms with E-state index in [1.54, 1.807) is 7.11 Å². The van der Waals surface area contributed by atoms with E-state index >= 15 is 0 Å². The number of nitrogens with two attached hydrogens (primary N) is 1. The van der Waals surface area contributed by atoms with Crippen molar-refractivity contribution in [3.63, 3.8) is 0 Å². The molecule has 0 saturated carbocycles. The molecule has 1 atom stereocenters. The lowest BCUT2D eigenvalue weighted by molar-refractivity contribution is -0.0598. The lowest BCUT2D eigenvalue weighted by Gasteiger charge is -2.22. The van der Waals surface area contributed by atoms with E-state index < -0.39 is 0 Å². The SMILES string of the molecule is COCCN=C(N)C1COCCO1. The van der Waals surface area contributed by atoms with Crippen molar-refractivity contribution in [3.8, 4) is 0 Å².